The van der Waals surface area contributed by atoms with E-state index in [0.29, 0.717) is 31.8 Å². The Balaban J connectivity index is 1.27. The fourth-order valence-electron chi connectivity index (χ4n) is 5.63. The summed E-state index contributed by atoms with van der Waals surface area (Å²) in [5.41, 5.74) is 10.9. The van der Waals surface area contributed by atoms with Crippen LogP contribution in [-0.4, -0.2) is 55.3 Å². The third-order valence-corrected chi connectivity index (χ3v) is 8.66. The van der Waals surface area contributed by atoms with Gasteiger partial charge >= 0.3 is 0 Å². The predicted octanol–water partition coefficient (Wildman–Crippen LogP) is 4.12. The number of fused-ring (bicyclic) bond motifs is 2. The Morgan fingerprint density at radius 3 is 2.36 bits per heavy atom. The van der Waals surface area contributed by atoms with E-state index in [9.17, 15) is 9.59 Å². The maximum absolute atomic E-state index is 13.8. The molecule has 0 aromatic heterocycles. The SMILES string of the molecule is CSN1CC2(CCN(C(=O)[C@@H](COCc3ccccc3)NC(=O)c3ccc(CN)cc3)CC2)c2ccccc21. The first-order valence-corrected chi connectivity index (χ1v) is 14.6. The number of benzene rings is 3. The van der Waals surface area contributed by atoms with Crippen LogP contribution in [-0.2, 0) is 28.1 Å². The summed E-state index contributed by atoms with van der Waals surface area (Å²) in [6.45, 7) is 3.12. The highest BCUT2D eigenvalue weighted by Crippen LogP contribution is 2.48. The van der Waals surface area contributed by atoms with E-state index in [2.05, 4.69) is 40.1 Å². The second-order valence-electron chi connectivity index (χ2n) is 10.3. The number of hydrogen-bond acceptors (Lipinski definition) is 6. The quantitative estimate of drug-likeness (QED) is 0.394. The number of hydrogen-bond donors (Lipinski definition) is 2. The van der Waals surface area contributed by atoms with Crippen molar-refractivity contribution in [2.24, 2.45) is 5.73 Å². The van der Waals surface area contributed by atoms with Crippen molar-refractivity contribution in [2.75, 3.05) is 36.8 Å². The highest BCUT2D eigenvalue weighted by atomic mass is 32.2. The van der Waals surface area contributed by atoms with E-state index in [1.54, 1.807) is 24.1 Å². The van der Waals surface area contributed by atoms with Gasteiger partial charge in [-0.2, -0.15) is 0 Å². The van der Waals surface area contributed by atoms with Crippen molar-refractivity contribution in [3.8, 4) is 0 Å². The normalized spacial score (nSPS) is 16.7. The van der Waals surface area contributed by atoms with Gasteiger partial charge in [0.2, 0.25) is 5.91 Å². The van der Waals surface area contributed by atoms with E-state index in [4.69, 9.17) is 10.5 Å². The van der Waals surface area contributed by atoms with E-state index in [1.807, 2.05) is 47.4 Å². The molecule has 0 aliphatic carbocycles. The summed E-state index contributed by atoms with van der Waals surface area (Å²) in [6, 6.07) is 24.8. The molecule has 1 spiro atoms. The number of amides is 2. The molecule has 3 aromatic rings. The lowest BCUT2D eigenvalue weighted by atomic mass is 9.74. The van der Waals surface area contributed by atoms with Crippen LogP contribution in [0.5, 0.6) is 0 Å². The Morgan fingerprint density at radius 2 is 1.67 bits per heavy atom. The summed E-state index contributed by atoms with van der Waals surface area (Å²) in [5.74, 6) is -0.396. The van der Waals surface area contributed by atoms with Gasteiger partial charge in [0.05, 0.1) is 18.9 Å². The van der Waals surface area contributed by atoms with Gasteiger partial charge in [0.25, 0.3) is 5.91 Å². The number of carbonyl (C=O) groups excluding carboxylic acids is 2. The van der Waals surface area contributed by atoms with E-state index < -0.39 is 6.04 Å². The van der Waals surface area contributed by atoms with Crippen LogP contribution in [0.1, 0.15) is 39.9 Å². The molecular formula is C31H36N4O3S. The summed E-state index contributed by atoms with van der Waals surface area (Å²) in [7, 11) is 0. The van der Waals surface area contributed by atoms with Crippen LogP contribution < -0.4 is 15.4 Å². The van der Waals surface area contributed by atoms with Gasteiger partial charge in [-0.05, 0) is 47.7 Å². The van der Waals surface area contributed by atoms with Crippen LogP contribution in [0.15, 0.2) is 78.9 Å². The second kappa shape index (κ2) is 12.2. The van der Waals surface area contributed by atoms with Crippen LogP contribution in [0.2, 0.25) is 0 Å². The van der Waals surface area contributed by atoms with Gasteiger partial charge in [0.1, 0.15) is 6.04 Å². The van der Waals surface area contributed by atoms with Gasteiger partial charge in [0, 0.05) is 43.4 Å². The Labute approximate surface area is 234 Å². The standard InChI is InChI=1S/C31H36N4O3S/c1-39-35-22-31(26-9-5-6-10-28(26)35)15-17-34(18-16-31)30(37)27(21-38-20-24-7-3-2-4-8-24)33-29(36)25-13-11-23(19-32)12-14-25/h2-14,27H,15-22,32H2,1H3,(H,33,36)/t27-/m1/s1. The van der Waals surface area contributed by atoms with Crippen molar-refractivity contribution in [1.82, 2.24) is 10.2 Å². The van der Waals surface area contributed by atoms with Crippen molar-refractivity contribution in [3.05, 3.63) is 101 Å². The number of piperidine rings is 1. The number of likely N-dealkylation sites (tertiary alicyclic amines) is 1. The van der Waals surface area contributed by atoms with E-state index in [1.165, 1.54) is 11.3 Å². The van der Waals surface area contributed by atoms with Crippen LogP contribution in [0.4, 0.5) is 5.69 Å². The summed E-state index contributed by atoms with van der Waals surface area (Å²) < 4.78 is 8.31. The zero-order chi connectivity index (χ0) is 27.2. The van der Waals surface area contributed by atoms with E-state index >= 15 is 0 Å². The van der Waals surface area contributed by atoms with Crippen LogP contribution in [0.3, 0.4) is 0 Å². The number of ether oxygens (including phenoxy) is 1. The van der Waals surface area contributed by atoms with Crippen molar-refractivity contribution < 1.29 is 14.3 Å². The summed E-state index contributed by atoms with van der Waals surface area (Å²) in [6.07, 6.45) is 3.89. The predicted molar refractivity (Wildman–Crippen MR) is 156 cm³/mol. The highest BCUT2D eigenvalue weighted by molar-refractivity contribution is 8.00. The summed E-state index contributed by atoms with van der Waals surface area (Å²) >= 11 is 1.75. The first-order chi connectivity index (χ1) is 19.0. The van der Waals surface area contributed by atoms with E-state index in [0.717, 1.165) is 30.5 Å². The molecular weight excluding hydrogens is 508 g/mol. The molecule has 8 heteroatoms. The lowest BCUT2D eigenvalue weighted by Crippen LogP contribution is -2.54. The Kier molecular flexibility index (Phi) is 8.55. The molecule has 39 heavy (non-hydrogen) atoms. The molecule has 1 saturated heterocycles. The Hall–Kier alpha value is -3.33. The van der Waals surface area contributed by atoms with Crippen LogP contribution >= 0.6 is 11.9 Å². The maximum Gasteiger partial charge on any atom is 0.251 e. The van der Waals surface area contributed by atoms with Gasteiger partial charge in [0.15, 0.2) is 0 Å². The van der Waals surface area contributed by atoms with Gasteiger partial charge < -0.3 is 25.0 Å². The van der Waals surface area contributed by atoms with Crippen LogP contribution in [0.25, 0.3) is 0 Å². The zero-order valence-electron chi connectivity index (χ0n) is 22.3. The molecule has 2 amide bonds. The van der Waals surface area contributed by atoms with Gasteiger partial charge in [-0.3, -0.25) is 9.59 Å². The molecule has 2 aliphatic heterocycles. The zero-order valence-corrected chi connectivity index (χ0v) is 23.2. The molecule has 1 atom stereocenters. The number of carbonyl (C=O) groups is 2. The molecule has 1 fully saturated rings. The number of para-hydroxylation sites is 1. The minimum atomic E-state index is -0.775. The van der Waals surface area contributed by atoms with Crippen molar-refractivity contribution in [3.63, 3.8) is 0 Å². The molecule has 0 unspecified atom stereocenters. The number of nitrogens with one attached hydrogen (secondary N) is 1. The molecule has 2 heterocycles. The van der Waals surface area contributed by atoms with Crippen molar-refractivity contribution in [1.29, 1.82) is 0 Å². The smallest absolute Gasteiger partial charge is 0.251 e. The lowest BCUT2D eigenvalue weighted by molar-refractivity contribution is -0.136. The highest BCUT2D eigenvalue weighted by Gasteiger charge is 2.45. The first kappa shape index (κ1) is 27.2. The Morgan fingerprint density at radius 1 is 0.974 bits per heavy atom. The fourth-order valence-corrected chi connectivity index (χ4v) is 6.36. The maximum atomic E-state index is 13.8. The average Bonchev–Trinajstić information content (AvgIpc) is 3.30. The third kappa shape index (κ3) is 5.98. The van der Waals surface area contributed by atoms with Gasteiger partial charge in [-0.25, -0.2) is 0 Å². The monoisotopic (exact) mass is 544 g/mol. The molecule has 204 valence electrons. The topological polar surface area (TPSA) is 87.9 Å². The number of nitrogens with zero attached hydrogens (tertiary/aromatic N) is 2. The fraction of sp³-hybridized carbons (Fsp3) is 0.355. The summed E-state index contributed by atoms with van der Waals surface area (Å²) in [4.78, 5) is 28.8. The van der Waals surface area contributed by atoms with Gasteiger partial charge in [-0.1, -0.05) is 72.6 Å². The molecule has 3 N–H and O–H groups in total. The molecule has 5 rings (SSSR count). The molecule has 2 aliphatic rings. The number of rotatable bonds is 9. The van der Waals surface area contributed by atoms with E-state index in [-0.39, 0.29) is 23.8 Å². The van der Waals surface area contributed by atoms with Crippen molar-refractivity contribution >= 4 is 29.4 Å². The molecule has 3 aromatic carbocycles. The largest absolute Gasteiger partial charge is 0.374 e. The average molecular weight is 545 g/mol. The third-order valence-electron chi connectivity index (χ3n) is 7.89. The molecule has 0 saturated carbocycles. The number of nitrogens with two attached hydrogens (primary N) is 1. The van der Waals surface area contributed by atoms with Gasteiger partial charge in [-0.15, -0.1) is 0 Å². The second-order valence-corrected chi connectivity index (χ2v) is 11.1. The lowest BCUT2D eigenvalue weighted by Gasteiger charge is -2.41. The first-order valence-electron chi connectivity index (χ1n) is 13.4. The molecule has 0 radical (unpaired) electrons. The Bertz CT molecular complexity index is 1280. The minimum Gasteiger partial charge on any atom is -0.374 e. The van der Waals surface area contributed by atoms with Crippen LogP contribution in [0, 0.1) is 0 Å². The summed E-state index contributed by atoms with van der Waals surface area (Å²) in [5, 5.41) is 2.95. The minimum absolute atomic E-state index is 0.0453. The molecule has 0 bridgehead atoms. The number of anilines is 1. The van der Waals surface area contributed by atoms with Crippen molar-refractivity contribution in [2.45, 2.75) is 37.5 Å². The molecule has 7 nitrogen and oxygen atoms in total.